The van der Waals surface area contributed by atoms with E-state index in [4.69, 9.17) is 24.2 Å². The van der Waals surface area contributed by atoms with Gasteiger partial charge in [-0.25, -0.2) is 0 Å². The quantitative estimate of drug-likeness (QED) is 0.848. The molecule has 6 nitrogen and oxygen atoms in total. The highest BCUT2D eigenvalue weighted by Crippen LogP contribution is 2.66. The highest BCUT2D eigenvalue weighted by atomic mass is 16.9. The van der Waals surface area contributed by atoms with Crippen LogP contribution >= 0.6 is 0 Å². The molecule has 1 aromatic carbocycles. The van der Waals surface area contributed by atoms with Gasteiger partial charge in [-0.1, -0.05) is 30.3 Å². The molecule has 1 N–H and O–H groups in total. The lowest BCUT2D eigenvalue weighted by Crippen LogP contribution is -2.32. The lowest BCUT2D eigenvalue weighted by molar-refractivity contribution is -0.272. The molecule has 23 heavy (non-hydrogen) atoms. The predicted molar refractivity (Wildman–Crippen MR) is 77.5 cm³/mol. The monoisotopic (exact) mass is 317 g/mol. The maximum atomic E-state index is 10.00. The Hall–Kier alpha value is -1.49. The third-order valence-corrected chi connectivity index (χ3v) is 4.73. The van der Waals surface area contributed by atoms with Crippen LogP contribution in [0.5, 0.6) is 0 Å². The molecule has 0 bridgehead atoms. The van der Waals surface area contributed by atoms with Crippen LogP contribution in [0.1, 0.15) is 19.4 Å². The summed E-state index contributed by atoms with van der Waals surface area (Å²) in [4.78, 5) is 0. The maximum Gasteiger partial charge on any atom is 0.190 e. The Labute approximate surface area is 134 Å². The summed E-state index contributed by atoms with van der Waals surface area (Å²) in [5.41, 5.74) is 1.00. The Bertz CT molecular complexity index is 642. The number of hydrogen-bond acceptors (Lipinski definition) is 6. The molecule has 0 aromatic heterocycles. The molecule has 6 heteroatoms. The van der Waals surface area contributed by atoms with E-state index in [-0.39, 0.29) is 12.0 Å². The molecular formula is C17H19NO5. The Morgan fingerprint density at radius 2 is 2.00 bits per heavy atom. The van der Waals surface area contributed by atoms with Crippen molar-refractivity contribution in [1.29, 1.82) is 5.26 Å². The number of rotatable bonds is 4. The van der Waals surface area contributed by atoms with Gasteiger partial charge in [-0.15, -0.1) is 0 Å². The van der Waals surface area contributed by atoms with E-state index in [9.17, 15) is 5.11 Å². The van der Waals surface area contributed by atoms with Gasteiger partial charge >= 0.3 is 0 Å². The molecular weight excluding hydrogens is 298 g/mol. The van der Waals surface area contributed by atoms with Crippen LogP contribution in [-0.2, 0) is 25.6 Å². The minimum Gasteiger partial charge on any atom is -0.378 e. The van der Waals surface area contributed by atoms with E-state index in [1.165, 1.54) is 0 Å². The highest BCUT2D eigenvalue weighted by molar-refractivity contribution is 5.23. The second-order valence-electron chi connectivity index (χ2n) is 6.71. The van der Waals surface area contributed by atoms with E-state index in [2.05, 4.69) is 0 Å². The molecule has 6 atom stereocenters. The van der Waals surface area contributed by atoms with Crippen molar-refractivity contribution in [2.45, 2.75) is 50.5 Å². The first kappa shape index (κ1) is 15.1. The molecule has 0 spiro atoms. The van der Waals surface area contributed by atoms with E-state index in [1.807, 2.05) is 50.2 Å². The van der Waals surface area contributed by atoms with Gasteiger partial charge in [0.2, 0.25) is 0 Å². The SMILES string of the molecule is CC1(C)OC2C3[C@@H]([C@@H](O)C#N)C3(OCc3ccccc3)O[C@@H]2O1. The number of aliphatic hydroxyl groups is 1. The predicted octanol–water partition coefficient (Wildman–Crippen LogP) is 1.54. The second kappa shape index (κ2) is 5.00. The zero-order valence-corrected chi connectivity index (χ0v) is 13.0. The van der Waals surface area contributed by atoms with Crippen LogP contribution in [-0.4, -0.2) is 35.2 Å². The summed E-state index contributed by atoms with van der Waals surface area (Å²) in [5, 5.41) is 19.1. The summed E-state index contributed by atoms with van der Waals surface area (Å²) in [6.07, 6.45) is -1.99. The number of benzene rings is 1. The van der Waals surface area contributed by atoms with Crippen molar-refractivity contribution in [2.24, 2.45) is 11.8 Å². The van der Waals surface area contributed by atoms with E-state index >= 15 is 0 Å². The largest absolute Gasteiger partial charge is 0.378 e. The van der Waals surface area contributed by atoms with Crippen LogP contribution in [0.3, 0.4) is 0 Å². The number of fused-ring (bicyclic) bond motifs is 3. The number of nitrogens with zero attached hydrogens (tertiary/aromatic N) is 1. The fraction of sp³-hybridized carbons (Fsp3) is 0.588. The van der Waals surface area contributed by atoms with Crippen molar-refractivity contribution in [3.63, 3.8) is 0 Å². The smallest absolute Gasteiger partial charge is 0.190 e. The van der Waals surface area contributed by atoms with Crippen molar-refractivity contribution < 1.29 is 24.1 Å². The molecule has 3 fully saturated rings. The topological polar surface area (TPSA) is 80.9 Å². The molecule has 3 unspecified atom stereocenters. The van der Waals surface area contributed by atoms with E-state index in [0.717, 1.165) is 5.56 Å². The number of aliphatic hydroxyl groups excluding tert-OH is 1. The van der Waals surface area contributed by atoms with Crippen LogP contribution < -0.4 is 0 Å². The minimum absolute atomic E-state index is 0.201. The third kappa shape index (κ3) is 2.28. The third-order valence-electron chi connectivity index (χ3n) is 4.73. The van der Waals surface area contributed by atoms with Crippen LogP contribution in [0.4, 0.5) is 0 Å². The minimum atomic E-state index is -1.15. The number of nitriles is 1. The molecule has 2 saturated heterocycles. The van der Waals surface area contributed by atoms with Gasteiger partial charge in [-0.3, -0.25) is 0 Å². The molecule has 3 aliphatic rings. The molecule has 0 amide bonds. The molecule has 2 heterocycles. The number of ether oxygens (including phenoxy) is 4. The Morgan fingerprint density at radius 3 is 2.70 bits per heavy atom. The molecule has 1 saturated carbocycles. The summed E-state index contributed by atoms with van der Waals surface area (Å²) < 4.78 is 23.6. The number of hydrogen-bond donors (Lipinski definition) is 1. The zero-order valence-electron chi connectivity index (χ0n) is 13.0. The van der Waals surface area contributed by atoms with E-state index < -0.39 is 29.9 Å². The summed E-state index contributed by atoms with van der Waals surface area (Å²) in [7, 11) is 0. The van der Waals surface area contributed by atoms with Gasteiger partial charge in [-0.05, 0) is 19.4 Å². The lowest BCUT2D eigenvalue weighted by Gasteiger charge is -2.23. The van der Waals surface area contributed by atoms with Crippen LogP contribution in [0.15, 0.2) is 30.3 Å². The molecule has 0 radical (unpaired) electrons. The second-order valence-corrected chi connectivity index (χ2v) is 6.71. The summed E-state index contributed by atoms with van der Waals surface area (Å²) >= 11 is 0. The Balaban J connectivity index is 1.53. The summed E-state index contributed by atoms with van der Waals surface area (Å²) in [6.45, 7) is 3.98. The first-order valence-electron chi connectivity index (χ1n) is 7.76. The van der Waals surface area contributed by atoms with E-state index in [0.29, 0.717) is 6.61 Å². The standard InChI is InChI=1S/C17H19NO5/c1-16(2)21-14-13-12(11(19)8-18)17(13,23-15(14)22-16)20-9-10-6-4-3-5-7-10/h3-7,11-15,19H,9H2,1-2H3/t11-,12+,13?,14?,15-,17?/m0/s1. The lowest BCUT2D eigenvalue weighted by atomic mass is 10.1. The fourth-order valence-electron chi connectivity index (χ4n) is 3.75. The van der Waals surface area contributed by atoms with Gasteiger partial charge in [0.25, 0.3) is 0 Å². The van der Waals surface area contributed by atoms with Crippen molar-refractivity contribution >= 4 is 0 Å². The Morgan fingerprint density at radius 1 is 1.26 bits per heavy atom. The summed E-state index contributed by atoms with van der Waals surface area (Å²) in [5.74, 6) is -2.36. The maximum absolute atomic E-state index is 10.00. The van der Waals surface area contributed by atoms with Gasteiger partial charge in [-0.2, -0.15) is 5.26 Å². The average Bonchev–Trinajstić information content (AvgIpc) is 2.93. The van der Waals surface area contributed by atoms with Crippen molar-refractivity contribution in [3.8, 4) is 6.07 Å². The first-order chi connectivity index (χ1) is 11.0. The molecule has 1 aromatic rings. The molecule has 4 rings (SSSR count). The van der Waals surface area contributed by atoms with Gasteiger partial charge in [0.15, 0.2) is 17.9 Å². The van der Waals surface area contributed by atoms with Gasteiger partial charge < -0.3 is 24.1 Å². The van der Waals surface area contributed by atoms with Gasteiger partial charge in [0, 0.05) is 0 Å². The Kier molecular flexibility index (Phi) is 3.28. The highest BCUT2D eigenvalue weighted by Gasteiger charge is 2.82. The van der Waals surface area contributed by atoms with Crippen molar-refractivity contribution in [1.82, 2.24) is 0 Å². The molecule has 2 aliphatic heterocycles. The van der Waals surface area contributed by atoms with Crippen molar-refractivity contribution in [2.75, 3.05) is 0 Å². The fourth-order valence-corrected chi connectivity index (χ4v) is 3.75. The molecule has 1 aliphatic carbocycles. The van der Waals surface area contributed by atoms with Crippen LogP contribution in [0.2, 0.25) is 0 Å². The van der Waals surface area contributed by atoms with Gasteiger partial charge in [0.1, 0.15) is 12.2 Å². The van der Waals surface area contributed by atoms with Crippen molar-refractivity contribution in [3.05, 3.63) is 35.9 Å². The molecule has 122 valence electrons. The van der Waals surface area contributed by atoms with Crippen LogP contribution in [0.25, 0.3) is 0 Å². The zero-order chi connectivity index (χ0) is 16.2. The van der Waals surface area contributed by atoms with Crippen LogP contribution in [0, 0.1) is 23.2 Å². The van der Waals surface area contributed by atoms with E-state index in [1.54, 1.807) is 0 Å². The normalized spacial score (nSPS) is 41.0. The summed E-state index contributed by atoms with van der Waals surface area (Å²) in [6, 6.07) is 11.6. The first-order valence-corrected chi connectivity index (χ1v) is 7.76. The van der Waals surface area contributed by atoms with Gasteiger partial charge in [0.05, 0.1) is 24.5 Å². The average molecular weight is 317 g/mol.